The van der Waals surface area contributed by atoms with Crippen LogP contribution in [0.25, 0.3) is 0 Å². The fourth-order valence-electron chi connectivity index (χ4n) is 2.24. The molecule has 3 atom stereocenters. The second-order valence-corrected chi connectivity index (χ2v) is 4.61. The van der Waals surface area contributed by atoms with E-state index in [0.29, 0.717) is 12.0 Å². The van der Waals surface area contributed by atoms with Crippen LogP contribution in [-0.2, 0) is 4.74 Å². The molecule has 1 aliphatic rings. The van der Waals surface area contributed by atoms with Crippen molar-refractivity contribution in [1.82, 2.24) is 0 Å². The lowest BCUT2D eigenvalue weighted by molar-refractivity contribution is 0.0694. The Hall–Kier alpha value is -0.0800. The standard InChI is InChI=1S/C12H25NO/c1-3-4-5-6-7-11(13)12-10(2)8-9-14-12/h10-12H,3-9,13H2,1-2H3. The Bertz CT molecular complexity index is 149. The van der Waals surface area contributed by atoms with E-state index in [1.54, 1.807) is 0 Å². The fraction of sp³-hybridized carbons (Fsp3) is 1.00. The van der Waals surface area contributed by atoms with E-state index in [9.17, 15) is 0 Å². The first-order valence-corrected chi connectivity index (χ1v) is 6.13. The van der Waals surface area contributed by atoms with Crippen molar-refractivity contribution in [3.63, 3.8) is 0 Å². The second kappa shape index (κ2) is 6.41. The molecule has 0 saturated carbocycles. The van der Waals surface area contributed by atoms with Crippen LogP contribution in [0, 0.1) is 5.92 Å². The van der Waals surface area contributed by atoms with E-state index < -0.39 is 0 Å². The van der Waals surface area contributed by atoms with Crippen LogP contribution < -0.4 is 5.73 Å². The molecule has 0 bridgehead atoms. The minimum absolute atomic E-state index is 0.268. The number of ether oxygens (including phenoxy) is 1. The molecule has 1 saturated heterocycles. The molecular formula is C12H25NO. The van der Waals surface area contributed by atoms with Crippen LogP contribution in [0.4, 0.5) is 0 Å². The molecular weight excluding hydrogens is 174 g/mol. The molecule has 0 amide bonds. The monoisotopic (exact) mass is 199 g/mol. The van der Waals surface area contributed by atoms with Crippen molar-refractivity contribution in [2.75, 3.05) is 6.61 Å². The van der Waals surface area contributed by atoms with Crippen molar-refractivity contribution < 1.29 is 4.74 Å². The molecule has 0 radical (unpaired) electrons. The molecule has 1 fully saturated rings. The molecule has 2 N–H and O–H groups in total. The summed E-state index contributed by atoms with van der Waals surface area (Å²) >= 11 is 0. The third kappa shape index (κ3) is 3.58. The molecule has 0 aliphatic carbocycles. The maximum absolute atomic E-state index is 6.13. The minimum Gasteiger partial charge on any atom is -0.376 e. The van der Waals surface area contributed by atoms with Crippen LogP contribution in [-0.4, -0.2) is 18.8 Å². The molecule has 0 aromatic carbocycles. The van der Waals surface area contributed by atoms with Crippen molar-refractivity contribution in [2.24, 2.45) is 11.7 Å². The maximum atomic E-state index is 6.13. The van der Waals surface area contributed by atoms with Crippen LogP contribution >= 0.6 is 0 Å². The van der Waals surface area contributed by atoms with Gasteiger partial charge in [0.2, 0.25) is 0 Å². The summed E-state index contributed by atoms with van der Waals surface area (Å²) in [4.78, 5) is 0. The highest BCUT2D eigenvalue weighted by atomic mass is 16.5. The van der Waals surface area contributed by atoms with Crippen LogP contribution in [0.5, 0.6) is 0 Å². The Balaban J connectivity index is 2.11. The molecule has 3 unspecified atom stereocenters. The Morgan fingerprint density at radius 2 is 2.14 bits per heavy atom. The first-order chi connectivity index (χ1) is 6.75. The first-order valence-electron chi connectivity index (χ1n) is 6.13. The number of rotatable bonds is 6. The van der Waals surface area contributed by atoms with Crippen LogP contribution in [0.15, 0.2) is 0 Å². The van der Waals surface area contributed by atoms with Crippen LogP contribution in [0.1, 0.15) is 52.4 Å². The lowest BCUT2D eigenvalue weighted by Gasteiger charge is -2.22. The summed E-state index contributed by atoms with van der Waals surface area (Å²) in [5.74, 6) is 0.663. The van der Waals surface area contributed by atoms with Gasteiger partial charge in [-0.3, -0.25) is 0 Å². The number of unbranched alkanes of at least 4 members (excludes halogenated alkanes) is 3. The highest BCUT2D eigenvalue weighted by Crippen LogP contribution is 2.24. The zero-order valence-corrected chi connectivity index (χ0v) is 9.67. The van der Waals surface area contributed by atoms with Gasteiger partial charge in [-0.05, 0) is 18.8 Å². The summed E-state index contributed by atoms with van der Waals surface area (Å²) in [5.41, 5.74) is 6.13. The smallest absolute Gasteiger partial charge is 0.0752 e. The molecule has 14 heavy (non-hydrogen) atoms. The zero-order chi connectivity index (χ0) is 10.4. The fourth-order valence-corrected chi connectivity index (χ4v) is 2.24. The maximum Gasteiger partial charge on any atom is 0.0752 e. The first kappa shape index (κ1) is 12.0. The number of nitrogens with two attached hydrogens (primary N) is 1. The zero-order valence-electron chi connectivity index (χ0n) is 9.67. The molecule has 1 heterocycles. The Morgan fingerprint density at radius 3 is 2.71 bits per heavy atom. The predicted octanol–water partition coefficient (Wildman–Crippen LogP) is 2.71. The van der Waals surface area contributed by atoms with Gasteiger partial charge in [0.05, 0.1) is 6.10 Å². The predicted molar refractivity (Wildman–Crippen MR) is 60.3 cm³/mol. The van der Waals surface area contributed by atoms with Crippen LogP contribution in [0.3, 0.4) is 0 Å². The normalized spacial score (nSPS) is 29.4. The van der Waals surface area contributed by atoms with Gasteiger partial charge in [0.15, 0.2) is 0 Å². The minimum atomic E-state index is 0.268. The van der Waals surface area contributed by atoms with Crippen molar-refractivity contribution in [3.8, 4) is 0 Å². The van der Waals surface area contributed by atoms with E-state index >= 15 is 0 Å². The van der Waals surface area contributed by atoms with Crippen molar-refractivity contribution >= 4 is 0 Å². The van der Waals surface area contributed by atoms with Gasteiger partial charge in [-0.15, -0.1) is 0 Å². The van der Waals surface area contributed by atoms with E-state index in [2.05, 4.69) is 13.8 Å². The summed E-state index contributed by atoms with van der Waals surface area (Å²) in [5, 5.41) is 0. The lowest BCUT2D eigenvalue weighted by atomic mass is 9.94. The highest BCUT2D eigenvalue weighted by molar-refractivity contribution is 4.82. The summed E-state index contributed by atoms with van der Waals surface area (Å²) < 4.78 is 5.66. The summed E-state index contributed by atoms with van der Waals surface area (Å²) in [7, 11) is 0. The molecule has 1 rings (SSSR count). The van der Waals surface area contributed by atoms with Crippen molar-refractivity contribution in [3.05, 3.63) is 0 Å². The third-order valence-electron chi connectivity index (χ3n) is 3.26. The molecule has 0 spiro atoms. The summed E-state index contributed by atoms with van der Waals surface area (Å²) in [6.07, 6.45) is 7.88. The Morgan fingerprint density at radius 1 is 1.36 bits per heavy atom. The third-order valence-corrected chi connectivity index (χ3v) is 3.26. The quantitative estimate of drug-likeness (QED) is 0.668. The lowest BCUT2D eigenvalue weighted by Crippen LogP contribution is -2.37. The molecule has 84 valence electrons. The Kier molecular flexibility index (Phi) is 5.49. The van der Waals surface area contributed by atoms with E-state index in [-0.39, 0.29) is 6.04 Å². The molecule has 1 aliphatic heterocycles. The number of hydrogen-bond acceptors (Lipinski definition) is 2. The molecule has 0 aromatic rings. The molecule has 2 nitrogen and oxygen atoms in total. The van der Waals surface area contributed by atoms with Gasteiger partial charge in [-0.1, -0.05) is 39.5 Å². The van der Waals surface area contributed by atoms with E-state index in [4.69, 9.17) is 10.5 Å². The van der Waals surface area contributed by atoms with Gasteiger partial charge in [-0.2, -0.15) is 0 Å². The van der Waals surface area contributed by atoms with E-state index in [0.717, 1.165) is 13.0 Å². The average molecular weight is 199 g/mol. The van der Waals surface area contributed by atoms with Gasteiger partial charge in [0.1, 0.15) is 0 Å². The molecule has 2 heteroatoms. The number of hydrogen-bond donors (Lipinski definition) is 1. The van der Waals surface area contributed by atoms with Gasteiger partial charge < -0.3 is 10.5 Å². The van der Waals surface area contributed by atoms with Gasteiger partial charge >= 0.3 is 0 Å². The SMILES string of the molecule is CCCCCCC(N)C1OCCC1C. The van der Waals surface area contributed by atoms with Crippen molar-refractivity contribution in [1.29, 1.82) is 0 Å². The summed E-state index contributed by atoms with van der Waals surface area (Å²) in [6.45, 7) is 5.40. The van der Waals surface area contributed by atoms with E-state index in [1.807, 2.05) is 0 Å². The largest absolute Gasteiger partial charge is 0.376 e. The topological polar surface area (TPSA) is 35.2 Å². The van der Waals surface area contributed by atoms with Crippen LogP contribution in [0.2, 0.25) is 0 Å². The van der Waals surface area contributed by atoms with E-state index in [1.165, 1.54) is 32.1 Å². The average Bonchev–Trinajstić information content (AvgIpc) is 2.59. The van der Waals surface area contributed by atoms with Gasteiger partial charge in [0.25, 0.3) is 0 Å². The highest BCUT2D eigenvalue weighted by Gasteiger charge is 2.29. The second-order valence-electron chi connectivity index (χ2n) is 4.61. The molecule has 0 aromatic heterocycles. The van der Waals surface area contributed by atoms with Crippen molar-refractivity contribution in [2.45, 2.75) is 64.5 Å². The van der Waals surface area contributed by atoms with Gasteiger partial charge in [0, 0.05) is 12.6 Å². The Labute approximate surface area is 88.2 Å². The van der Waals surface area contributed by atoms with Gasteiger partial charge in [-0.25, -0.2) is 0 Å². The summed E-state index contributed by atoms with van der Waals surface area (Å²) in [6, 6.07) is 0.268.